The number of carbonyl (C=O) groups excluding carboxylic acids is 1. The molecule has 2 aromatic carbocycles. The minimum absolute atomic E-state index is 0.0548. The first-order chi connectivity index (χ1) is 13.0. The van der Waals surface area contributed by atoms with Gasteiger partial charge in [0, 0.05) is 12.2 Å². The maximum absolute atomic E-state index is 12.5. The summed E-state index contributed by atoms with van der Waals surface area (Å²) in [7, 11) is 0. The van der Waals surface area contributed by atoms with E-state index in [1.165, 1.54) is 0 Å². The molecule has 4 nitrogen and oxygen atoms in total. The third-order valence-electron chi connectivity index (χ3n) is 4.45. The van der Waals surface area contributed by atoms with Gasteiger partial charge in [-0.05, 0) is 42.7 Å². The molecule has 0 radical (unpaired) electrons. The second-order valence-corrected chi connectivity index (χ2v) is 7.12. The van der Waals surface area contributed by atoms with Gasteiger partial charge >= 0.3 is 0 Å². The van der Waals surface area contributed by atoms with Gasteiger partial charge in [0.2, 0.25) is 0 Å². The van der Waals surface area contributed by atoms with Crippen LogP contribution < -0.4 is 10.2 Å². The highest BCUT2D eigenvalue weighted by Gasteiger charge is 2.30. The summed E-state index contributed by atoms with van der Waals surface area (Å²) in [6, 6.07) is 15.1. The van der Waals surface area contributed by atoms with Crippen LogP contribution >= 0.6 is 23.2 Å². The van der Waals surface area contributed by atoms with Crippen LogP contribution in [0.15, 0.2) is 72.1 Å². The SMILES string of the molecule is C=C1C(O)=C(C(=O)NCCCc2ccc(Cl)c(Cl)c2)CN1c1ccccc1. The lowest BCUT2D eigenvalue weighted by molar-refractivity contribution is -0.117. The standard InChI is InChI=1S/C21H20Cl2N2O2/c1-14-20(26)17(13-25(14)16-7-3-2-4-8-16)21(27)24-11-5-6-15-9-10-18(22)19(23)12-15/h2-4,7-10,12,26H,1,5-6,11,13H2,(H,24,27). The van der Waals surface area contributed by atoms with Crippen LogP contribution in [0.4, 0.5) is 5.69 Å². The van der Waals surface area contributed by atoms with Crippen LogP contribution in [0.1, 0.15) is 12.0 Å². The number of aliphatic hydroxyl groups is 1. The molecule has 0 atom stereocenters. The Hall–Kier alpha value is -2.43. The molecule has 0 bridgehead atoms. The minimum Gasteiger partial charge on any atom is -0.505 e. The number of para-hydroxylation sites is 1. The fourth-order valence-corrected chi connectivity index (χ4v) is 3.28. The lowest BCUT2D eigenvalue weighted by Gasteiger charge is -2.19. The maximum Gasteiger partial charge on any atom is 0.252 e. The Labute approximate surface area is 168 Å². The molecule has 6 heteroatoms. The molecule has 0 fully saturated rings. The third-order valence-corrected chi connectivity index (χ3v) is 5.19. The first kappa shape index (κ1) is 19.3. The highest BCUT2D eigenvalue weighted by atomic mass is 35.5. The number of aliphatic hydroxyl groups excluding tert-OH is 1. The van der Waals surface area contributed by atoms with E-state index in [9.17, 15) is 9.90 Å². The van der Waals surface area contributed by atoms with Crippen molar-refractivity contribution in [3.8, 4) is 0 Å². The number of hydrogen-bond donors (Lipinski definition) is 2. The zero-order chi connectivity index (χ0) is 19.4. The van der Waals surface area contributed by atoms with Gasteiger partial charge in [0.15, 0.2) is 0 Å². The lowest BCUT2D eigenvalue weighted by Crippen LogP contribution is -2.29. The van der Waals surface area contributed by atoms with Gasteiger partial charge in [-0.2, -0.15) is 0 Å². The Kier molecular flexibility index (Phi) is 6.09. The fourth-order valence-electron chi connectivity index (χ4n) is 2.96. The quantitative estimate of drug-likeness (QED) is 0.676. The zero-order valence-electron chi connectivity index (χ0n) is 14.7. The van der Waals surface area contributed by atoms with Crippen LogP contribution in [-0.2, 0) is 11.2 Å². The summed E-state index contributed by atoms with van der Waals surface area (Å²) in [6.45, 7) is 4.68. The molecule has 1 amide bonds. The molecule has 140 valence electrons. The van der Waals surface area contributed by atoms with E-state index in [1.807, 2.05) is 47.4 Å². The molecule has 0 spiro atoms. The molecule has 2 aromatic rings. The van der Waals surface area contributed by atoms with Crippen LogP contribution in [0.2, 0.25) is 10.0 Å². The van der Waals surface area contributed by atoms with Crippen LogP contribution in [0.25, 0.3) is 0 Å². The van der Waals surface area contributed by atoms with Crippen molar-refractivity contribution in [1.82, 2.24) is 5.32 Å². The number of hydrogen-bond acceptors (Lipinski definition) is 3. The number of amides is 1. The zero-order valence-corrected chi connectivity index (χ0v) is 16.2. The normalized spacial score (nSPS) is 14.0. The predicted octanol–water partition coefficient (Wildman–Crippen LogP) is 4.89. The Morgan fingerprint density at radius 1 is 1.15 bits per heavy atom. The second kappa shape index (κ2) is 8.51. The highest BCUT2D eigenvalue weighted by molar-refractivity contribution is 6.42. The molecule has 2 N–H and O–H groups in total. The molecule has 0 unspecified atom stereocenters. The molecule has 1 heterocycles. The Bertz CT molecular complexity index is 894. The van der Waals surface area contributed by atoms with Gasteiger partial charge in [-0.15, -0.1) is 0 Å². The second-order valence-electron chi connectivity index (χ2n) is 6.30. The van der Waals surface area contributed by atoms with Gasteiger partial charge in [0.25, 0.3) is 5.91 Å². The summed E-state index contributed by atoms with van der Waals surface area (Å²) in [5.41, 5.74) is 2.71. The lowest BCUT2D eigenvalue weighted by atomic mass is 10.1. The van der Waals surface area contributed by atoms with Crippen LogP contribution in [0.3, 0.4) is 0 Å². The maximum atomic E-state index is 12.5. The average molecular weight is 403 g/mol. The van der Waals surface area contributed by atoms with Gasteiger partial charge in [0.1, 0.15) is 5.76 Å². The van der Waals surface area contributed by atoms with Crippen LogP contribution in [0, 0.1) is 0 Å². The monoisotopic (exact) mass is 402 g/mol. The van der Waals surface area contributed by atoms with Crippen molar-refractivity contribution in [2.75, 3.05) is 18.0 Å². The number of anilines is 1. The van der Waals surface area contributed by atoms with E-state index in [1.54, 1.807) is 6.07 Å². The van der Waals surface area contributed by atoms with E-state index < -0.39 is 0 Å². The summed E-state index contributed by atoms with van der Waals surface area (Å²) in [6.07, 6.45) is 1.52. The van der Waals surface area contributed by atoms with E-state index in [0.717, 1.165) is 24.1 Å². The van der Waals surface area contributed by atoms with Crippen molar-refractivity contribution in [2.24, 2.45) is 0 Å². The molecule has 0 saturated heterocycles. The van der Waals surface area contributed by atoms with Crippen molar-refractivity contribution in [1.29, 1.82) is 0 Å². The van der Waals surface area contributed by atoms with Gasteiger partial charge in [-0.1, -0.05) is 54.0 Å². The highest BCUT2D eigenvalue weighted by Crippen LogP contribution is 2.30. The fraction of sp³-hybridized carbons (Fsp3) is 0.190. The van der Waals surface area contributed by atoms with Gasteiger partial charge in [0.05, 0.1) is 27.9 Å². The van der Waals surface area contributed by atoms with E-state index >= 15 is 0 Å². The number of halogens is 2. The van der Waals surface area contributed by atoms with Crippen molar-refractivity contribution in [3.05, 3.63) is 87.7 Å². The molecule has 3 rings (SSSR count). The van der Waals surface area contributed by atoms with Crippen molar-refractivity contribution >= 4 is 34.8 Å². The molecule has 1 aliphatic rings. The number of nitrogens with one attached hydrogen (secondary N) is 1. The summed E-state index contributed by atoms with van der Waals surface area (Å²) in [4.78, 5) is 14.3. The van der Waals surface area contributed by atoms with E-state index in [4.69, 9.17) is 23.2 Å². The number of benzene rings is 2. The van der Waals surface area contributed by atoms with E-state index in [-0.39, 0.29) is 11.7 Å². The average Bonchev–Trinajstić information content (AvgIpc) is 2.97. The Morgan fingerprint density at radius 3 is 2.59 bits per heavy atom. The van der Waals surface area contributed by atoms with Gasteiger partial charge in [-0.3, -0.25) is 4.79 Å². The third kappa shape index (κ3) is 4.46. The first-order valence-electron chi connectivity index (χ1n) is 8.63. The van der Waals surface area contributed by atoms with Crippen LogP contribution in [-0.4, -0.2) is 24.1 Å². The Morgan fingerprint density at radius 2 is 1.89 bits per heavy atom. The van der Waals surface area contributed by atoms with E-state index in [2.05, 4.69) is 11.9 Å². The van der Waals surface area contributed by atoms with Gasteiger partial charge in [-0.25, -0.2) is 0 Å². The summed E-state index contributed by atoms with van der Waals surface area (Å²) < 4.78 is 0. The number of carbonyl (C=O) groups is 1. The molecule has 1 aliphatic heterocycles. The van der Waals surface area contributed by atoms with Crippen molar-refractivity contribution in [3.63, 3.8) is 0 Å². The Balaban J connectivity index is 1.53. The number of rotatable bonds is 6. The van der Waals surface area contributed by atoms with Gasteiger partial charge < -0.3 is 15.3 Å². The number of nitrogens with zero attached hydrogens (tertiary/aromatic N) is 1. The molecule has 0 aliphatic carbocycles. The number of aryl methyl sites for hydroxylation is 1. The smallest absolute Gasteiger partial charge is 0.252 e. The molecule has 0 aromatic heterocycles. The first-order valence-corrected chi connectivity index (χ1v) is 9.39. The molecular formula is C21H20Cl2N2O2. The summed E-state index contributed by atoms with van der Waals surface area (Å²) >= 11 is 11.9. The predicted molar refractivity (Wildman–Crippen MR) is 110 cm³/mol. The minimum atomic E-state index is -0.277. The largest absolute Gasteiger partial charge is 0.505 e. The van der Waals surface area contributed by atoms with Crippen molar-refractivity contribution < 1.29 is 9.90 Å². The molecule has 0 saturated carbocycles. The summed E-state index contributed by atoms with van der Waals surface area (Å²) in [5, 5.41) is 14.2. The summed E-state index contributed by atoms with van der Waals surface area (Å²) in [5.74, 6) is -0.331. The van der Waals surface area contributed by atoms with E-state index in [0.29, 0.717) is 34.4 Å². The molecular weight excluding hydrogens is 383 g/mol. The van der Waals surface area contributed by atoms with Crippen molar-refractivity contribution in [2.45, 2.75) is 12.8 Å². The van der Waals surface area contributed by atoms with Crippen LogP contribution in [0.5, 0.6) is 0 Å². The topological polar surface area (TPSA) is 52.6 Å². The molecule has 27 heavy (non-hydrogen) atoms.